The fourth-order valence-electron chi connectivity index (χ4n) is 7.63. The molecule has 2 rings (SSSR count). The van der Waals surface area contributed by atoms with Crippen molar-refractivity contribution < 1.29 is 43.5 Å². The Bertz CT molecular complexity index is 1750. The summed E-state index contributed by atoms with van der Waals surface area (Å²) in [5, 5.41) is 44.2. The molecule has 1 aliphatic rings. The van der Waals surface area contributed by atoms with Crippen molar-refractivity contribution in [2.75, 3.05) is 39.4 Å². The highest BCUT2D eigenvalue weighted by molar-refractivity contribution is 7.25. The second-order valence-corrected chi connectivity index (χ2v) is 19.1. The van der Waals surface area contributed by atoms with Gasteiger partial charge in [0.1, 0.15) is 6.04 Å². The summed E-state index contributed by atoms with van der Waals surface area (Å²) >= 11 is 0. The zero-order valence-corrected chi connectivity index (χ0v) is 43.0. The van der Waals surface area contributed by atoms with Gasteiger partial charge < -0.3 is 52.3 Å². The van der Waals surface area contributed by atoms with E-state index in [1.54, 1.807) is 31.3 Å². The first-order chi connectivity index (χ1) is 31.5. The lowest BCUT2D eigenvalue weighted by Gasteiger charge is -2.27. The van der Waals surface area contributed by atoms with Crippen LogP contribution in [0, 0.1) is 28.8 Å². The van der Waals surface area contributed by atoms with Crippen LogP contribution in [-0.2, 0) is 44.8 Å². The summed E-state index contributed by atoms with van der Waals surface area (Å²) in [7, 11) is 8.87. The van der Waals surface area contributed by atoms with Gasteiger partial charge in [-0.3, -0.25) is 43.5 Å². The van der Waals surface area contributed by atoms with Gasteiger partial charge >= 0.3 is 0 Å². The molecule has 1 aliphatic heterocycles. The minimum absolute atomic E-state index is 0.0456. The number of hydrogen-bond donors (Lipinski definition) is 11. The molecule has 23 heteroatoms. The molecule has 5 amide bonds. The number of rotatable bonds is 20. The highest BCUT2D eigenvalue weighted by atomic mass is 31.1. The normalized spacial score (nSPS) is 24.8. The van der Waals surface area contributed by atoms with Gasteiger partial charge in [0.05, 0.1) is 36.2 Å². The van der Waals surface area contributed by atoms with E-state index in [1.807, 2.05) is 19.9 Å². The number of hydrogen-bond acceptors (Lipinski definition) is 14. The number of amides is 5. The summed E-state index contributed by atoms with van der Waals surface area (Å²) in [6.07, 6.45) is -1.29. The van der Waals surface area contributed by atoms with Crippen LogP contribution in [0.4, 0.5) is 0 Å². The lowest BCUT2D eigenvalue weighted by atomic mass is 9.89. The maximum absolute atomic E-state index is 14.4. The fraction of sp³-hybridized carbons (Fsp3) is 0.674. The van der Waals surface area contributed by atoms with Gasteiger partial charge in [-0.15, -0.1) is 0 Å². The van der Waals surface area contributed by atoms with Gasteiger partial charge in [0.25, 0.3) is 0 Å². The van der Waals surface area contributed by atoms with E-state index >= 15 is 0 Å². The molecular formula is C43H74N10O9P4. The van der Waals surface area contributed by atoms with E-state index in [0.717, 1.165) is 5.56 Å². The minimum atomic E-state index is -1.31. The monoisotopic (exact) mass is 998 g/mol. The van der Waals surface area contributed by atoms with E-state index in [1.165, 1.54) is 6.92 Å². The van der Waals surface area contributed by atoms with Gasteiger partial charge in [0, 0.05) is 56.8 Å². The van der Waals surface area contributed by atoms with Crippen molar-refractivity contribution in [1.82, 2.24) is 47.2 Å². The molecule has 1 heterocycles. The topological polar surface area (TPSA) is 289 Å². The van der Waals surface area contributed by atoms with Crippen LogP contribution in [0.5, 0.6) is 0 Å². The third kappa shape index (κ3) is 21.4. The fourth-order valence-corrected chi connectivity index (χ4v) is 8.52. The van der Waals surface area contributed by atoms with E-state index in [-0.39, 0.29) is 84.9 Å². The van der Waals surface area contributed by atoms with E-state index in [9.17, 15) is 43.5 Å². The zero-order chi connectivity index (χ0) is 49.2. The maximum atomic E-state index is 14.4. The van der Waals surface area contributed by atoms with Crippen LogP contribution in [-0.4, -0.2) is 128 Å². The SMILES string of the molecule is CNC(CCNP)C(=O)NC1CCNC(=O)C(C(C)O)CC(=O)C(CCP=N)NC(=O)C(CCNP)CC(=O)C(CC(C)C)NC(=O)C(Cc2ccccc2)NC(=O)C(CCNP)CC1=O. The summed E-state index contributed by atoms with van der Waals surface area (Å²) in [4.78, 5) is 113. The Morgan fingerprint density at radius 3 is 1.86 bits per heavy atom. The average molecular weight is 999 g/mol. The van der Waals surface area contributed by atoms with Gasteiger partial charge in [-0.05, 0) is 85.4 Å². The molecule has 1 aromatic rings. The molecule has 0 aliphatic carbocycles. The Morgan fingerprint density at radius 1 is 0.758 bits per heavy atom. The first-order valence-corrected chi connectivity index (χ1v) is 25.4. The van der Waals surface area contributed by atoms with Crippen molar-refractivity contribution in [2.45, 2.75) is 121 Å². The smallest absolute Gasteiger partial charge is 0.243 e. The predicted molar refractivity (Wildman–Crippen MR) is 265 cm³/mol. The highest BCUT2D eigenvalue weighted by Crippen LogP contribution is 2.20. The molecule has 1 saturated heterocycles. The molecule has 0 spiro atoms. The Labute approximate surface area is 398 Å². The number of ketones is 3. The molecule has 1 aromatic carbocycles. The molecule has 0 radical (unpaired) electrons. The van der Waals surface area contributed by atoms with Crippen LogP contribution < -0.4 is 47.2 Å². The summed E-state index contributed by atoms with van der Waals surface area (Å²) < 4.78 is 0. The first kappa shape index (κ1) is 58.9. The Morgan fingerprint density at radius 2 is 1.32 bits per heavy atom. The van der Waals surface area contributed by atoms with E-state index < -0.39 is 107 Å². The number of nitrogens with one attached hydrogen (secondary N) is 10. The van der Waals surface area contributed by atoms with Gasteiger partial charge in [0.15, 0.2) is 17.3 Å². The zero-order valence-electron chi connectivity index (χ0n) is 38.7. The van der Waals surface area contributed by atoms with Crippen LogP contribution >= 0.6 is 36.5 Å². The standard InChI is InChI=1S/C43H74N10O9P4/c1-25(2)20-34-37(56)23-29(11-17-48-64)39(58)50-32(14-19-66-44)38(57)24-30(26(3)54)41(60)46-15-12-31(51-42(61)33(45-4)13-18-49-65)36(55)22-28(10-16-47-63)40(59)53-35(43(62)52-34)21-27-8-6-5-7-9-27/h5-9,25-26,28-35,44-45,47-49,54H,10-24,63-65H2,1-4H3,(H,46,60)(H,50,58)(H,51,61)(H,52,62)(H,53,59). The molecule has 1 fully saturated rings. The lowest BCUT2D eigenvalue weighted by molar-refractivity contribution is -0.136. The van der Waals surface area contributed by atoms with Crippen molar-refractivity contribution in [2.24, 2.45) is 23.7 Å². The van der Waals surface area contributed by atoms with Crippen molar-refractivity contribution in [3.05, 3.63) is 35.9 Å². The quantitative estimate of drug-likeness (QED) is 0.0809. The van der Waals surface area contributed by atoms with Crippen molar-refractivity contribution in [1.29, 1.82) is 5.16 Å². The molecule has 370 valence electrons. The van der Waals surface area contributed by atoms with Crippen LogP contribution in [0.3, 0.4) is 0 Å². The first-order valence-electron chi connectivity index (χ1n) is 22.6. The third-order valence-corrected chi connectivity index (χ3v) is 12.8. The Hall–Kier alpha value is -3.23. The summed E-state index contributed by atoms with van der Waals surface area (Å²) in [5.74, 6) is -7.81. The number of benzene rings is 1. The maximum Gasteiger partial charge on any atom is 0.243 e. The number of carbonyl (C=O) groups excluding carboxylic acids is 8. The molecule has 66 heavy (non-hydrogen) atoms. The van der Waals surface area contributed by atoms with E-state index in [2.05, 4.69) is 75.3 Å². The number of aliphatic hydroxyl groups is 1. The van der Waals surface area contributed by atoms with Crippen LogP contribution in [0.15, 0.2) is 30.3 Å². The van der Waals surface area contributed by atoms with Crippen molar-refractivity contribution >= 4 is 83.4 Å². The number of carbonyl (C=O) groups is 8. The number of likely N-dealkylation sites (N-methyl/N-ethyl adjacent to an activating group) is 1. The minimum Gasteiger partial charge on any atom is -0.393 e. The van der Waals surface area contributed by atoms with Gasteiger partial charge in [-0.2, -0.15) is 0 Å². The van der Waals surface area contributed by atoms with Gasteiger partial charge in [-0.25, -0.2) is 0 Å². The molecule has 19 nitrogen and oxygen atoms in total. The third-order valence-electron chi connectivity index (χ3n) is 11.5. The number of Topliss-reactive ketones (excluding diaryl/α,β-unsaturated/α-hetero) is 3. The Balaban J connectivity index is 2.76. The molecule has 0 bridgehead atoms. The largest absolute Gasteiger partial charge is 0.393 e. The Kier molecular flexibility index (Phi) is 29.0. The van der Waals surface area contributed by atoms with E-state index in [4.69, 9.17) is 5.16 Å². The van der Waals surface area contributed by atoms with Gasteiger partial charge in [-0.1, -0.05) is 72.4 Å². The van der Waals surface area contributed by atoms with Crippen molar-refractivity contribution in [3.8, 4) is 0 Å². The predicted octanol–water partition coefficient (Wildman–Crippen LogP) is 0.837. The summed E-state index contributed by atoms with van der Waals surface area (Å²) in [6, 6.07) is 3.72. The van der Waals surface area contributed by atoms with Crippen LogP contribution in [0.1, 0.15) is 84.1 Å². The molecular weight excluding hydrogens is 924 g/mol. The second kappa shape index (κ2) is 32.5. The highest BCUT2D eigenvalue weighted by Gasteiger charge is 2.36. The van der Waals surface area contributed by atoms with Gasteiger partial charge in [0.2, 0.25) is 29.5 Å². The van der Waals surface area contributed by atoms with Crippen LogP contribution in [0.25, 0.3) is 0 Å². The molecule has 11 N–H and O–H groups in total. The molecule has 12 unspecified atom stereocenters. The van der Waals surface area contributed by atoms with E-state index in [0.29, 0.717) is 19.5 Å². The molecule has 0 aromatic heterocycles. The summed E-state index contributed by atoms with van der Waals surface area (Å²) in [6.45, 7) is 6.01. The number of aliphatic hydroxyl groups excluding tert-OH is 1. The van der Waals surface area contributed by atoms with Crippen molar-refractivity contribution in [3.63, 3.8) is 0 Å². The summed E-state index contributed by atoms with van der Waals surface area (Å²) in [5.41, 5.74) is 0.718. The lowest BCUT2D eigenvalue weighted by Crippen LogP contribution is -2.54. The second-order valence-electron chi connectivity index (χ2n) is 17.1. The molecule has 0 saturated carbocycles. The van der Waals surface area contributed by atoms with Crippen LogP contribution in [0.2, 0.25) is 0 Å². The molecule has 12 atom stereocenters. The average Bonchev–Trinajstić information content (AvgIpc) is 3.28.